The molecule has 84 valence electrons. The third-order valence-corrected chi connectivity index (χ3v) is 3.41. The van der Waals surface area contributed by atoms with Crippen molar-refractivity contribution in [1.82, 2.24) is 9.32 Å². The maximum atomic E-state index is 5.33. The summed E-state index contributed by atoms with van der Waals surface area (Å²) < 4.78 is 12.7. The van der Waals surface area contributed by atoms with Crippen LogP contribution in [0.1, 0.15) is 0 Å². The van der Waals surface area contributed by atoms with Crippen molar-refractivity contribution in [3.63, 3.8) is 0 Å². The maximum Gasteiger partial charge on any atom is 0.131 e. The minimum atomic E-state index is 0.417. The zero-order valence-electron chi connectivity index (χ0n) is 9.18. The number of nitrogens with zero attached hydrogens (tertiary/aromatic N) is 2. The van der Waals surface area contributed by atoms with Crippen LogP contribution in [0.2, 0.25) is 0 Å². The van der Waals surface area contributed by atoms with Gasteiger partial charge in [0.05, 0.1) is 25.9 Å². The van der Waals surface area contributed by atoms with E-state index in [9.17, 15) is 0 Å². The van der Waals surface area contributed by atoms with Crippen LogP contribution in [0.4, 0.5) is 0 Å². The van der Waals surface area contributed by atoms with Crippen LogP contribution in [0.5, 0.6) is 11.5 Å². The van der Waals surface area contributed by atoms with Crippen LogP contribution in [0.25, 0.3) is 0 Å². The summed E-state index contributed by atoms with van der Waals surface area (Å²) in [6.07, 6.45) is 5.46. The molecule has 0 aliphatic rings. The summed E-state index contributed by atoms with van der Waals surface area (Å²) in [6.45, 7) is 0. The van der Waals surface area contributed by atoms with Crippen molar-refractivity contribution in [2.24, 2.45) is 0 Å². The van der Waals surface area contributed by atoms with Crippen molar-refractivity contribution in [3.05, 3.63) is 36.9 Å². The molecule has 5 heteroatoms. The lowest BCUT2D eigenvalue weighted by molar-refractivity contribution is 0.401. The molecule has 0 aliphatic heterocycles. The largest absolute Gasteiger partial charge is 0.496 e. The highest BCUT2D eigenvalue weighted by Gasteiger charge is 2.09. The van der Waals surface area contributed by atoms with E-state index < -0.39 is 0 Å². The summed E-state index contributed by atoms with van der Waals surface area (Å²) in [5, 5.41) is 1.05. The van der Waals surface area contributed by atoms with E-state index in [0.29, 0.717) is 8.73 Å². The van der Waals surface area contributed by atoms with Crippen molar-refractivity contribution in [3.8, 4) is 11.5 Å². The maximum absolute atomic E-state index is 5.33. The number of aromatic nitrogens is 2. The Kier molecular flexibility index (Phi) is 3.42. The second-order valence-electron chi connectivity index (χ2n) is 3.12. The van der Waals surface area contributed by atoms with Gasteiger partial charge in [0.15, 0.2) is 0 Å². The second kappa shape index (κ2) is 4.99. The smallest absolute Gasteiger partial charge is 0.131 e. The van der Waals surface area contributed by atoms with Gasteiger partial charge in [-0.15, -0.1) is 0 Å². The molecule has 0 saturated heterocycles. The predicted molar refractivity (Wildman–Crippen MR) is 65.1 cm³/mol. The first-order chi connectivity index (χ1) is 7.85. The molecule has 0 saturated carbocycles. The summed E-state index contributed by atoms with van der Waals surface area (Å²) >= 11 is 0. The SMILES string of the molecule is COc1cccc(OC)c1Pn1ccnc1. The van der Waals surface area contributed by atoms with Gasteiger partial charge in [0.1, 0.15) is 11.5 Å². The van der Waals surface area contributed by atoms with Gasteiger partial charge in [-0.05, 0) is 12.1 Å². The molecule has 1 aromatic heterocycles. The van der Waals surface area contributed by atoms with E-state index in [0.717, 1.165) is 16.8 Å². The molecule has 0 radical (unpaired) electrons. The second-order valence-corrected chi connectivity index (χ2v) is 4.36. The lowest BCUT2D eigenvalue weighted by Gasteiger charge is -2.12. The fourth-order valence-corrected chi connectivity index (χ4v) is 2.53. The van der Waals surface area contributed by atoms with Gasteiger partial charge in [-0.1, -0.05) is 6.07 Å². The summed E-state index contributed by atoms with van der Waals surface area (Å²) in [7, 11) is 3.74. The first-order valence-corrected chi connectivity index (χ1v) is 5.76. The van der Waals surface area contributed by atoms with Crippen LogP contribution in [0.15, 0.2) is 36.9 Å². The standard InChI is InChI=1S/C11H13N2O2P/c1-14-9-4-3-5-10(15-2)11(9)16-13-7-6-12-8-13/h3-8,16H,1-2H3. The normalized spacial score (nSPS) is 10.9. The monoisotopic (exact) mass is 236 g/mol. The number of ether oxygens (including phenoxy) is 2. The molecule has 2 aromatic rings. The van der Waals surface area contributed by atoms with Gasteiger partial charge in [-0.25, -0.2) is 4.98 Å². The number of hydrogen-bond donors (Lipinski definition) is 0. The zero-order chi connectivity index (χ0) is 11.4. The molecule has 0 fully saturated rings. The van der Waals surface area contributed by atoms with Crippen LogP contribution in [0, 0.1) is 0 Å². The fourth-order valence-electron chi connectivity index (χ4n) is 1.42. The number of rotatable bonds is 4. The average molecular weight is 236 g/mol. The third kappa shape index (κ3) is 2.17. The molecule has 0 amide bonds. The lowest BCUT2D eigenvalue weighted by Crippen LogP contribution is -2.07. The van der Waals surface area contributed by atoms with E-state index in [-0.39, 0.29) is 0 Å². The molecule has 0 spiro atoms. The van der Waals surface area contributed by atoms with Gasteiger partial charge >= 0.3 is 0 Å². The quantitative estimate of drug-likeness (QED) is 0.757. The summed E-state index contributed by atoms with van der Waals surface area (Å²) in [5.41, 5.74) is 0. The summed E-state index contributed by atoms with van der Waals surface area (Å²) in [4.78, 5) is 4.02. The number of methoxy groups -OCH3 is 2. The fraction of sp³-hybridized carbons (Fsp3) is 0.182. The van der Waals surface area contributed by atoms with Gasteiger partial charge in [0.2, 0.25) is 0 Å². The lowest BCUT2D eigenvalue weighted by atomic mass is 10.3. The highest BCUT2D eigenvalue weighted by molar-refractivity contribution is 7.46. The van der Waals surface area contributed by atoms with E-state index in [2.05, 4.69) is 4.98 Å². The zero-order valence-corrected chi connectivity index (χ0v) is 10.2. The van der Waals surface area contributed by atoms with Gasteiger partial charge < -0.3 is 13.8 Å². The van der Waals surface area contributed by atoms with Crippen LogP contribution in [-0.4, -0.2) is 23.5 Å². The molecule has 1 heterocycles. The Morgan fingerprint density at radius 1 is 1.19 bits per heavy atom. The highest BCUT2D eigenvalue weighted by Crippen LogP contribution is 2.27. The van der Waals surface area contributed by atoms with Crippen molar-refractivity contribution >= 4 is 14.0 Å². The van der Waals surface area contributed by atoms with Crippen LogP contribution >= 0.6 is 8.73 Å². The minimum Gasteiger partial charge on any atom is -0.496 e. The molecule has 4 nitrogen and oxygen atoms in total. The molecular weight excluding hydrogens is 223 g/mol. The van der Waals surface area contributed by atoms with E-state index in [1.807, 2.05) is 28.7 Å². The van der Waals surface area contributed by atoms with Crippen LogP contribution in [-0.2, 0) is 0 Å². The highest BCUT2D eigenvalue weighted by atomic mass is 31.1. The summed E-state index contributed by atoms with van der Waals surface area (Å²) in [5.74, 6) is 1.68. The average Bonchev–Trinajstić information content (AvgIpc) is 2.82. The Morgan fingerprint density at radius 2 is 1.88 bits per heavy atom. The van der Waals surface area contributed by atoms with Crippen LogP contribution < -0.4 is 14.8 Å². The van der Waals surface area contributed by atoms with Crippen LogP contribution in [0.3, 0.4) is 0 Å². The number of imidazole rings is 1. The molecule has 0 aliphatic carbocycles. The van der Waals surface area contributed by atoms with Gasteiger partial charge in [0, 0.05) is 21.1 Å². The van der Waals surface area contributed by atoms with E-state index >= 15 is 0 Å². The van der Waals surface area contributed by atoms with E-state index in [4.69, 9.17) is 9.47 Å². The Morgan fingerprint density at radius 3 is 2.38 bits per heavy atom. The van der Waals surface area contributed by atoms with E-state index in [1.165, 1.54) is 0 Å². The topological polar surface area (TPSA) is 36.3 Å². The first kappa shape index (κ1) is 11.0. The Labute approximate surface area is 96.1 Å². The third-order valence-electron chi connectivity index (χ3n) is 2.17. The van der Waals surface area contributed by atoms with Gasteiger partial charge in [-0.3, -0.25) is 0 Å². The van der Waals surface area contributed by atoms with Crippen molar-refractivity contribution in [1.29, 1.82) is 0 Å². The first-order valence-electron chi connectivity index (χ1n) is 4.81. The van der Waals surface area contributed by atoms with Crippen molar-refractivity contribution in [2.75, 3.05) is 14.2 Å². The number of benzene rings is 1. The molecule has 0 N–H and O–H groups in total. The van der Waals surface area contributed by atoms with Crippen molar-refractivity contribution in [2.45, 2.75) is 0 Å². The van der Waals surface area contributed by atoms with E-state index in [1.54, 1.807) is 26.7 Å². The molecule has 1 aromatic carbocycles. The molecule has 2 rings (SSSR count). The molecule has 0 bridgehead atoms. The minimum absolute atomic E-state index is 0.417. The molecule has 1 unspecified atom stereocenters. The Balaban J connectivity index is 2.37. The molecule has 1 atom stereocenters. The molecule has 16 heavy (non-hydrogen) atoms. The Bertz CT molecular complexity index is 435. The summed E-state index contributed by atoms with van der Waals surface area (Å²) in [6, 6.07) is 5.78. The number of hydrogen-bond acceptors (Lipinski definition) is 3. The van der Waals surface area contributed by atoms with Gasteiger partial charge in [0.25, 0.3) is 0 Å². The molecular formula is C11H13N2O2P. The van der Waals surface area contributed by atoms with Gasteiger partial charge in [-0.2, -0.15) is 0 Å². The Hall–Kier alpha value is -1.54. The predicted octanol–water partition coefficient (Wildman–Crippen LogP) is 1.67. The van der Waals surface area contributed by atoms with Crippen molar-refractivity contribution < 1.29 is 9.47 Å².